The topological polar surface area (TPSA) is 58.2 Å². The predicted octanol–water partition coefficient (Wildman–Crippen LogP) is 5.35. The standard InChI is InChI=1S/C24H26F2N2O2/c1-14-19(11-17(13-20(14)25)24(30)27-18-8-9-18)16-7-10-22(21(26)12-16)28-23(29)15-5-3-2-4-6-15/h7,10-13,15,18H,2-6,8-9H2,1H3,(H,27,30)(H,28,29). The molecule has 2 aromatic rings. The fraction of sp³-hybridized carbons (Fsp3) is 0.417. The van der Waals surface area contributed by atoms with E-state index in [1.165, 1.54) is 18.2 Å². The summed E-state index contributed by atoms with van der Waals surface area (Å²) in [6.45, 7) is 1.60. The van der Waals surface area contributed by atoms with Gasteiger partial charge in [0.2, 0.25) is 5.91 Å². The van der Waals surface area contributed by atoms with Crippen molar-refractivity contribution in [3.63, 3.8) is 0 Å². The van der Waals surface area contributed by atoms with E-state index in [4.69, 9.17) is 0 Å². The third-order valence-corrected chi connectivity index (χ3v) is 6.03. The average molecular weight is 412 g/mol. The Labute approximate surface area is 175 Å². The summed E-state index contributed by atoms with van der Waals surface area (Å²) in [6, 6.07) is 7.39. The highest BCUT2D eigenvalue weighted by Gasteiger charge is 2.25. The van der Waals surface area contributed by atoms with Gasteiger partial charge in [0.15, 0.2) is 0 Å². The van der Waals surface area contributed by atoms with Crippen LogP contribution in [-0.2, 0) is 4.79 Å². The van der Waals surface area contributed by atoms with E-state index in [0.29, 0.717) is 16.7 Å². The Morgan fingerprint density at radius 3 is 2.33 bits per heavy atom. The van der Waals surface area contributed by atoms with Gasteiger partial charge in [-0.25, -0.2) is 8.78 Å². The molecule has 0 saturated heterocycles. The van der Waals surface area contributed by atoms with Gasteiger partial charge in [-0.05, 0) is 73.6 Å². The zero-order valence-corrected chi connectivity index (χ0v) is 17.1. The molecule has 2 aliphatic rings. The van der Waals surface area contributed by atoms with Crippen molar-refractivity contribution in [2.45, 2.75) is 57.9 Å². The van der Waals surface area contributed by atoms with Crippen molar-refractivity contribution in [3.05, 3.63) is 53.1 Å². The van der Waals surface area contributed by atoms with E-state index in [1.54, 1.807) is 19.1 Å². The smallest absolute Gasteiger partial charge is 0.251 e. The molecule has 0 bridgehead atoms. The fourth-order valence-electron chi connectivity index (χ4n) is 3.99. The Bertz CT molecular complexity index is 979. The van der Waals surface area contributed by atoms with E-state index in [2.05, 4.69) is 10.6 Å². The first-order valence-corrected chi connectivity index (χ1v) is 10.6. The van der Waals surface area contributed by atoms with E-state index in [9.17, 15) is 18.4 Å². The van der Waals surface area contributed by atoms with Crippen LogP contribution in [0, 0.1) is 24.5 Å². The van der Waals surface area contributed by atoms with Gasteiger partial charge in [-0.1, -0.05) is 25.3 Å². The third-order valence-electron chi connectivity index (χ3n) is 6.03. The molecule has 0 unspecified atom stereocenters. The van der Waals surface area contributed by atoms with Crippen molar-refractivity contribution in [3.8, 4) is 11.1 Å². The molecule has 0 spiro atoms. The number of carbonyl (C=O) groups is 2. The molecule has 158 valence electrons. The van der Waals surface area contributed by atoms with Gasteiger partial charge in [0.25, 0.3) is 5.91 Å². The second-order valence-corrected chi connectivity index (χ2v) is 8.40. The van der Waals surface area contributed by atoms with Crippen LogP contribution >= 0.6 is 0 Å². The lowest BCUT2D eigenvalue weighted by molar-refractivity contribution is -0.120. The minimum atomic E-state index is -0.579. The van der Waals surface area contributed by atoms with Gasteiger partial charge >= 0.3 is 0 Å². The van der Waals surface area contributed by atoms with Gasteiger partial charge in [0.05, 0.1) is 5.69 Å². The van der Waals surface area contributed by atoms with Crippen LogP contribution in [0.3, 0.4) is 0 Å². The molecule has 2 aliphatic carbocycles. The highest BCUT2D eigenvalue weighted by Crippen LogP contribution is 2.31. The van der Waals surface area contributed by atoms with Gasteiger partial charge in [0, 0.05) is 17.5 Å². The molecule has 2 amide bonds. The third kappa shape index (κ3) is 4.53. The maximum Gasteiger partial charge on any atom is 0.251 e. The summed E-state index contributed by atoms with van der Waals surface area (Å²) in [5, 5.41) is 5.53. The quantitative estimate of drug-likeness (QED) is 0.695. The number of anilines is 1. The lowest BCUT2D eigenvalue weighted by Gasteiger charge is -2.21. The van der Waals surface area contributed by atoms with E-state index in [1.807, 2.05) is 0 Å². The molecule has 30 heavy (non-hydrogen) atoms. The summed E-state index contributed by atoms with van der Waals surface area (Å²) in [7, 11) is 0. The Hall–Kier alpha value is -2.76. The highest BCUT2D eigenvalue weighted by molar-refractivity contribution is 5.96. The minimum Gasteiger partial charge on any atom is -0.349 e. The first-order valence-electron chi connectivity index (χ1n) is 10.6. The minimum absolute atomic E-state index is 0.0733. The Morgan fingerprint density at radius 2 is 1.67 bits per heavy atom. The molecule has 2 saturated carbocycles. The number of rotatable bonds is 5. The molecule has 4 rings (SSSR count). The van der Waals surface area contributed by atoms with Gasteiger partial charge < -0.3 is 10.6 Å². The van der Waals surface area contributed by atoms with Crippen LogP contribution in [0.25, 0.3) is 11.1 Å². The number of nitrogens with one attached hydrogen (secondary N) is 2. The molecular weight excluding hydrogens is 386 g/mol. The molecule has 0 heterocycles. The van der Waals surface area contributed by atoms with Crippen LogP contribution in [0.15, 0.2) is 30.3 Å². The van der Waals surface area contributed by atoms with Crippen LogP contribution in [0.5, 0.6) is 0 Å². The van der Waals surface area contributed by atoms with E-state index < -0.39 is 11.6 Å². The summed E-state index contributed by atoms with van der Waals surface area (Å²) < 4.78 is 29.2. The summed E-state index contributed by atoms with van der Waals surface area (Å²) in [5.41, 5.74) is 1.60. The summed E-state index contributed by atoms with van der Waals surface area (Å²) in [4.78, 5) is 24.7. The zero-order valence-electron chi connectivity index (χ0n) is 17.1. The maximum absolute atomic E-state index is 14.7. The van der Waals surface area contributed by atoms with Crippen LogP contribution in [-0.4, -0.2) is 17.9 Å². The molecule has 4 nitrogen and oxygen atoms in total. The van der Waals surface area contributed by atoms with Crippen molar-refractivity contribution in [1.82, 2.24) is 5.32 Å². The molecule has 0 radical (unpaired) electrons. The van der Waals surface area contributed by atoms with Crippen molar-refractivity contribution >= 4 is 17.5 Å². The molecule has 6 heteroatoms. The van der Waals surface area contributed by atoms with Crippen molar-refractivity contribution < 1.29 is 18.4 Å². The number of carbonyl (C=O) groups excluding carboxylic acids is 2. The molecule has 0 aromatic heterocycles. The summed E-state index contributed by atoms with van der Waals surface area (Å²) in [6.07, 6.45) is 6.72. The average Bonchev–Trinajstić information content (AvgIpc) is 3.56. The zero-order chi connectivity index (χ0) is 21.3. The van der Waals surface area contributed by atoms with E-state index in [-0.39, 0.29) is 35.0 Å². The van der Waals surface area contributed by atoms with Crippen LogP contribution in [0.2, 0.25) is 0 Å². The maximum atomic E-state index is 14.7. The molecule has 2 N–H and O–H groups in total. The number of amides is 2. The van der Waals surface area contributed by atoms with E-state index in [0.717, 1.165) is 44.9 Å². The fourth-order valence-corrected chi connectivity index (χ4v) is 3.99. The first-order chi connectivity index (χ1) is 14.4. The SMILES string of the molecule is Cc1c(F)cc(C(=O)NC2CC2)cc1-c1ccc(NC(=O)C2CCCCC2)c(F)c1. The molecule has 2 fully saturated rings. The van der Waals surface area contributed by atoms with Crippen LogP contribution in [0.1, 0.15) is 60.9 Å². The van der Waals surface area contributed by atoms with Gasteiger partial charge in [0.1, 0.15) is 11.6 Å². The lowest BCUT2D eigenvalue weighted by Crippen LogP contribution is -2.25. The second-order valence-electron chi connectivity index (χ2n) is 8.40. The molecular formula is C24H26F2N2O2. The highest BCUT2D eigenvalue weighted by atomic mass is 19.1. The van der Waals surface area contributed by atoms with E-state index >= 15 is 0 Å². The van der Waals surface area contributed by atoms with Gasteiger partial charge in [-0.15, -0.1) is 0 Å². The van der Waals surface area contributed by atoms with Crippen molar-refractivity contribution in [1.29, 1.82) is 0 Å². The first kappa shape index (κ1) is 20.5. The van der Waals surface area contributed by atoms with Crippen molar-refractivity contribution in [2.75, 3.05) is 5.32 Å². The largest absolute Gasteiger partial charge is 0.349 e. The monoisotopic (exact) mass is 412 g/mol. The number of hydrogen-bond donors (Lipinski definition) is 2. The molecule has 0 atom stereocenters. The van der Waals surface area contributed by atoms with Crippen LogP contribution in [0.4, 0.5) is 14.5 Å². The van der Waals surface area contributed by atoms with Crippen LogP contribution < -0.4 is 10.6 Å². The molecule has 2 aromatic carbocycles. The summed E-state index contributed by atoms with van der Waals surface area (Å²) >= 11 is 0. The predicted molar refractivity (Wildman–Crippen MR) is 112 cm³/mol. The number of hydrogen-bond acceptors (Lipinski definition) is 2. The van der Waals surface area contributed by atoms with Gasteiger partial charge in [-0.3, -0.25) is 9.59 Å². The second kappa shape index (κ2) is 8.54. The Kier molecular flexibility index (Phi) is 5.84. The van der Waals surface area contributed by atoms with Gasteiger partial charge in [-0.2, -0.15) is 0 Å². The number of halogens is 2. The lowest BCUT2D eigenvalue weighted by atomic mass is 9.88. The summed E-state index contributed by atoms with van der Waals surface area (Å²) in [5.74, 6) is -1.64. The molecule has 0 aliphatic heterocycles. The Balaban J connectivity index is 1.56. The Morgan fingerprint density at radius 1 is 0.933 bits per heavy atom. The number of benzene rings is 2. The normalized spacial score (nSPS) is 16.9. The van der Waals surface area contributed by atoms with Crippen molar-refractivity contribution in [2.24, 2.45) is 5.92 Å².